The lowest BCUT2D eigenvalue weighted by atomic mass is 10.1. The maximum absolute atomic E-state index is 12.5. The van der Waals surface area contributed by atoms with Gasteiger partial charge >= 0.3 is 5.97 Å². The second kappa shape index (κ2) is 6.88. The largest absolute Gasteiger partial charge is 0.461 e. The molecule has 2 aromatic rings. The van der Waals surface area contributed by atoms with E-state index >= 15 is 0 Å². The first-order valence-corrected chi connectivity index (χ1v) is 7.23. The van der Waals surface area contributed by atoms with E-state index in [9.17, 15) is 9.59 Å². The van der Waals surface area contributed by atoms with Crippen molar-refractivity contribution in [3.8, 4) is 17.5 Å². The molecule has 2 heterocycles. The van der Waals surface area contributed by atoms with Gasteiger partial charge in [0.25, 0.3) is 5.56 Å². The Morgan fingerprint density at radius 2 is 2.00 bits per heavy atom. The number of carbonyl (C=O) groups excluding carboxylic acids is 1. The molecule has 118 valence electrons. The van der Waals surface area contributed by atoms with Crippen molar-refractivity contribution in [2.75, 3.05) is 0 Å². The number of aromatic nitrogens is 2. The number of nitrogens with zero attached hydrogens (tertiary/aromatic N) is 3. The van der Waals surface area contributed by atoms with Crippen molar-refractivity contribution in [1.29, 1.82) is 5.26 Å². The number of hydrogen-bond acceptors (Lipinski definition) is 5. The molecule has 0 N–H and O–H groups in total. The monoisotopic (exact) mass is 311 g/mol. The molecule has 6 nitrogen and oxygen atoms in total. The second-order valence-corrected chi connectivity index (χ2v) is 5.30. The van der Waals surface area contributed by atoms with Gasteiger partial charge in [-0.2, -0.15) is 5.26 Å². The van der Waals surface area contributed by atoms with E-state index in [2.05, 4.69) is 4.98 Å². The van der Waals surface area contributed by atoms with Crippen LogP contribution in [0.5, 0.6) is 0 Å². The van der Waals surface area contributed by atoms with Gasteiger partial charge < -0.3 is 4.74 Å². The Morgan fingerprint density at radius 3 is 2.57 bits per heavy atom. The first-order chi connectivity index (χ1) is 11.0. The lowest BCUT2D eigenvalue weighted by molar-refractivity contribution is -0.150. The van der Waals surface area contributed by atoms with Crippen LogP contribution >= 0.6 is 0 Å². The van der Waals surface area contributed by atoms with Gasteiger partial charge in [-0.25, -0.2) is 4.79 Å². The van der Waals surface area contributed by atoms with Gasteiger partial charge in [0.1, 0.15) is 17.7 Å². The smallest absolute Gasteiger partial charge is 0.329 e. The van der Waals surface area contributed by atoms with Gasteiger partial charge in [-0.05, 0) is 45.0 Å². The Morgan fingerprint density at radius 1 is 1.26 bits per heavy atom. The molecule has 6 heteroatoms. The summed E-state index contributed by atoms with van der Waals surface area (Å²) >= 11 is 0. The number of esters is 1. The van der Waals surface area contributed by atoms with Crippen LogP contribution in [0.4, 0.5) is 0 Å². The van der Waals surface area contributed by atoms with Gasteiger partial charge in [-0.3, -0.25) is 14.3 Å². The average molecular weight is 311 g/mol. The summed E-state index contributed by atoms with van der Waals surface area (Å²) in [7, 11) is 0. The van der Waals surface area contributed by atoms with Crippen molar-refractivity contribution in [3.63, 3.8) is 0 Å². The van der Waals surface area contributed by atoms with Gasteiger partial charge in [0.2, 0.25) is 0 Å². The highest BCUT2D eigenvalue weighted by atomic mass is 16.5. The van der Waals surface area contributed by atoms with Crippen LogP contribution in [0.15, 0.2) is 41.3 Å². The van der Waals surface area contributed by atoms with E-state index in [0.717, 1.165) is 0 Å². The molecular formula is C17H17N3O3. The molecule has 0 aromatic carbocycles. The van der Waals surface area contributed by atoms with Crippen molar-refractivity contribution in [2.24, 2.45) is 0 Å². The van der Waals surface area contributed by atoms with Crippen molar-refractivity contribution in [2.45, 2.75) is 32.9 Å². The Balaban J connectivity index is 2.62. The fourth-order valence-electron chi connectivity index (χ4n) is 2.18. The van der Waals surface area contributed by atoms with Gasteiger partial charge in [0.15, 0.2) is 0 Å². The second-order valence-electron chi connectivity index (χ2n) is 5.30. The van der Waals surface area contributed by atoms with Crippen LogP contribution < -0.4 is 5.56 Å². The van der Waals surface area contributed by atoms with Crippen molar-refractivity contribution in [3.05, 3.63) is 52.4 Å². The highest BCUT2D eigenvalue weighted by Crippen LogP contribution is 2.20. The molecule has 0 saturated carbocycles. The Kier molecular flexibility index (Phi) is 4.91. The summed E-state index contributed by atoms with van der Waals surface area (Å²) < 4.78 is 6.44. The molecule has 2 aromatic heterocycles. The quantitative estimate of drug-likeness (QED) is 0.809. The van der Waals surface area contributed by atoms with Crippen LogP contribution in [0.1, 0.15) is 32.4 Å². The molecule has 0 aliphatic rings. The lowest BCUT2D eigenvalue weighted by Crippen LogP contribution is -2.32. The van der Waals surface area contributed by atoms with Crippen molar-refractivity contribution >= 4 is 5.97 Å². The SMILES string of the molecule is CC(C)OC(=O)C(C)n1c(-c2ccccn2)ccc(C#N)c1=O. The van der Waals surface area contributed by atoms with Gasteiger partial charge in [0.05, 0.1) is 17.5 Å². The lowest BCUT2D eigenvalue weighted by Gasteiger charge is -2.20. The molecule has 0 aliphatic heterocycles. The van der Waals surface area contributed by atoms with Gasteiger partial charge in [-0.1, -0.05) is 6.07 Å². The highest BCUT2D eigenvalue weighted by molar-refractivity contribution is 5.75. The molecule has 2 rings (SSSR count). The van der Waals surface area contributed by atoms with Crippen LogP contribution in [0, 0.1) is 11.3 Å². The zero-order valence-electron chi connectivity index (χ0n) is 13.2. The summed E-state index contributed by atoms with van der Waals surface area (Å²) in [5, 5.41) is 9.08. The van der Waals surface area contributed by atoms with E-state index in [0.29, 0.717) is 11.4 Å². The molecule has 0 bridgehead atoms. The van der Waals surface area contributed by atoms with Crippen LogP contribution in [-0.4, -0.2) is 21.6 Å². The minimum atomic E-state index is -0.866. The Bertz CT molecular complexity index is 804. The summed E-state index contributed by atoms with van der Waals surface area (Å²) in [5.41, 5.74) is 0.429. The summed E-state index contributed by atoms with van der Waals surface area (Å²) in [6, 6.07) is 9.30. The van der Waals surface area contributed by atoms with Crippen LogP contribution in [0.3, 0.4) is 0 Å². The minimum absolute atomic E-state index is 0.0334. The first-order valence-electron chi connectivity index (χ1n) is 7.23. The van der Waals surface area contributed by atoms with Crippen molar-refractivity contribution in [1.82, 2.24) is 9.55 Å². The predicted molar refractivity (Wildman–Crippen MR) is 84.6 cm³/mol. The minimum Gasteiger partial charge on any atom is -0.461 e. The van der Waals surface area contributed by atoms with Crippen LogP contribution in [-0.2, 0) is 9.53 Å². The normalized spacial score (nSPS) is 11.8. The van der Waals surface area contributed by atoms with Crippen LogP contribution in [0.2, 0.25) is 0 Å². The molecule has 0 fully saturated rings. The Labute approximate surface area is 134 Å². The molecule has 0 saturated heterocycles. The number of rotatable bonds is 4. The third-order valence-electron chi connectivity index (χ3n) is 3.24. The van der Waals surface area contributed by atoms with Gasteiger partial charge in [-0.15, -0.1) is 0 Å². The van der Waals surface area contributed by atoms with Gasteiger partial charge in [0, 0.05) is 6.20 Å². The topological polar surface area (TPSA) is 85.0 Å². The standard InChI is InChI=1S/C17H17N3O3/c1-11(2)23-17(22)12(3)20-15(14-6-4-5-9-19-14)8-7-13(10-18)16(20)21/h4-9,11-12H,1-3H3. The maximum Gasteiger partial charge on any atom is 0.329 e. The fraction of sp³-hybridized carbons (Fsp3) is 0.294. The van der Waals surface area contributed by atoms with Crippen LogP contribution in [0.25, 0.3) is 11.4 Å². The number of carbonyl (C=O) groups is 1. The summed E-state index contributed by atoms with van der Waals surface area (Å²) in [6.45, 7) is 5.04. The summed E-state index contributed by atoms with van der Waals surface area (Å²) in [6.07, 6.45) is 1.30. The number of nitriles is 1. The zero-order valence-corrected chi connectivity index (χ0v) is 13.2. The fourth-order valence-corrected chi connectivity index (χ4v) is 2.18. The molecule has 0 radical (unpaired) electrons. The number of ether oxygens (including phenoxy) is 1. The third kappa shape index (κ3) is 3.46. The van der Waals surface area contributed by atoms with E-state index in [4.69, 9.17) is 10.00 Å². The van der Waals surface area contributed by atoms with E-state index in [-0.39, 0.29) is 11.7 Å². The van der Waals surface area contributed by atoms with Crippen molar-refractivity contribution < 1.29 is 9.53 Å². The third-order valence-corrected chi connectivity index (χ3v) is 3.24. The number of hydrogen-bond donors (Lipinski definition) is 0. The van der Waals surface area contributed by atoms with E-state index in [1.807, 2.05) is 6.07 Å². The molecule has 1 atom stereocenters. The predicted octanol–water partition coefficient (Wildman–Crippen LogP) is 2.29. The molecule has 0 aliphatic carbocycles. The highest BCUT2D eigenvalue weighted by Gasteiger charge is 2.23. The molecule has 0 amide bonds. The summed E-state index contributed by atoms with van der Waals surface area (Å²) in [5.74, 6) is -0.533. The number of pyridine rings is 2. The molecule has 0 spiro atoms. The zero-order chi connectivity index (χ0) is 17.0. The molecule has 23 heavy (non-hydrogen) atoms. The summed E-state index contributed by atoms with van der Waals surface area (Å²) in [4.78, 5) is 28.9. The van der Waals surface area contributed by atoms with E-state index in [1.54, 1.807) is 51.2 Å². The van der Waals surface area contributed by atoms with E-state index in [1.165, 1.54) is 10.6 Å². The first kappa shape index (κ1) is 16.4. The molecular weight excluding hydrogens is 294 g/mol. The Hall–Kier alpha value is -2.94. The molecule has 1 unspecified atom stereocenters. The maximum atomic E-state index is 12.5. The van der Waals surface area contributed by atoms with E-state index < -0.39 is 17.6 Å². The average Bonchev–Trinajstić information content (AvgIpc) is 2.54.